The minimum Gasteiger partial charge on any atom is -0.352 e. The summed E-state index contributed by atoms with van der Waals surface area (Å²) in [5.41, 5.74) is -0.411. The lowest BCUT2D eigenvalue weighted by Crippen LogP contribution is -2.13. The van der Waals surface area contributed by atoms with E-state index in [0.717, 1.165) is 12.1 Å². The van der Waals surface area contributed by atoms with Crippen molar-refractivity contribution in [2.24, 2.45) is 0 Å². The second kappa shape index (κ2) is 4.64. The van der Waals surface area contributed by atoms with Gasteiger partial charge in [0.2, 0.25) is 0 Å². The van der Waals surface area contributed by atoms with E-state index in [0.29, 0.717) is 11.1 Å². The molecule has 1 aromatic heterocycles. The SMILES string of the molecule is O=c1nc[nH]cc1Cc1cccc(C(F)(F)F)c1. The van der Waals surface area contributed by atoms with Crippen LogP contribution in [0.2, 0.25) is 0 Å². The zero-order valence-corrected chi connectivity index (χ0v) is 9.16. The highest BCUT2D eigenvalue weighted by molar-refractivity contribution is 5.29. The number of halogens is 3. The van der Waals surface area contributed by atoms with Gasteiger partial charge in [-0.05, 0) is 11.6 Å². The van der Waals surface area contributed by atoms with E-state index in [1.54, 1.807) is 6.07 Å². The predicted octanol–water partition coefficient (Wildman–Crippen LogP) is 2.38. The number of H-pyrrole nitrogens is 1. The lowest BCUT2D eigenvalue weighted by atomic mass is 10.0. The van der Waals surface area contributed by atoms with E-state index in [9.17, 15) is 18.0 Å². The van der Waals surface area contributed by atoms with E-state index in [1.807, 2.05) is 0 Å². The molecular weight excluding hydrogens is 245 g/mol. The zero-order chi connectivity index (χ0) is 13.2. The molecule has 0 aliphatic heterocycles. The molecule has 1 heterocycles. The molecule has 1 N–H and O–H groups in total. The molecule has 0 spiro atoms. The Labute approximate surface area is 100 Å². The fourth-order valence-corrected chi connectivity index (χ4v) is 1.58. The van der Waals surface area contributed by atoms with Crippen molar-refractivity contribution in [2.75, 3.05) is 0 Å². The third-order valence-electron chi connectivity index (χ3n) is 2.44. The lowest BCUT2D eigenvalue weighted by molar-refractivity contribution is -0.137. The Balaban J connectivity index is 2.31. The van der Waals surface area contributed by atoms with Gasteiger partial charge in [0.05, 0.1) is 11.9 Å². The van der Waals surface area contributed by atoms with Crippen molar-refractivity contribution in [3.8, 4) is 0 Å². The van der Waals surface area contributed by atoms with Crippen LogP contribution in [0.1, 0.15) is 16.7 Å². The minimum atomic E-state index is -4.38. The summed E-state index contributed by atoms with van der Waals surface area (Å²) in [6, 6.07) is 4.90. The Hall–Kier alpha value is -2.11. The molecular formula is C12H9F3N2O. The van der Waals surface area contributed by atoms with Crippen LogP contribution in [0.25, 0.3) is 0 Å². The van der Waals surface area contributed by atoms with Crippen LogP contribution in [0.15, 0.2) is 41.6 Å². The number of alkyl halides is 3. The third kappa shape index (κ3) is 2.77. The monoisotopic (exact) mass is 254 g/mol. The van der Waals surface area contributed by atoms with E-state index in [-0.39, 0.29) is 6.42 Å². The smallest absolute Gasteiger partial charge is 0.352 e. The third-order valence-corrected chi connectivity index (χ3v) is 2.44. The van der Waals surface area contributed by atoms with E-state index >= 15 is 0 Å². The Kier molecular flexibility index (Phi) is 3.18. The van der Waals surface area contributed by atoms with Crippen molar-refractivity contribution >= 4 is 0 Å². The van der Waals surface area contributed by atoms with Crippen LogP contribution in [0.5, 0.6) is 0 Å². The van der Waals surface area contributed by atoms with Crippen molar-refractivity contribution < 1.29 is 13.2 Å². The number of rotatable bonds is 2. The van der Waals surface area contributed by atoms with Gasteiger partial charge >= 0.3 is 6.18 Å². The maximum absolute atomic E-state index is 12.5. The fraction of sp³-hybridized carbons (Fsp3) is 0.167. The summed E-state index contributed by atoms with van der Waals surface area (Å²) in [6.07, 6.45) is -1.59. The van der Waals surface area contributed by atoms with E-state index in [4.69, 9.17) is 0 Å². The zero-order valence-electron chi connectivity index (χ0n) is 9.16. The molecule has 0 saturated carbocycles. The number of aromatic amines is 1. The summed E-state index contributed by atoms with van der Waals surface area (Å²) < 4.78 is 37.5. The molecule has 0 aliphatic carbocycles. The van der Waals surface area contributed by atoms with E-state index < -0.39 is 17.3 Å². The van der Waals surface area contributed by atoms with Crippen LogP contribution < -0.4 is 5.56 Å². The van der Waals surface area contributed by atoms with E-state index in [1.165, 1.54) is 18.6 Å². The van der Waals surface area contributed by atoms with Crippen LogP contribution in [0.3, 0.4) is 0 Å². The first kappa shape index (κ1) is 12.3. The second-order valence-corrected chi connectivity index (χ2v) is 3.77. The number of hydrogen-bond acceptors (Lipinski definition) is 2. The molecule has 1 aromatic carbocycles. The summed E-state index contributed by atoms with van der Waals surface area (Å²) >= 11 is 0. The molecule has 0 radical (unpaired) electrons. The van der Waals surface area contributed by atoms with Crippen molar-refractivity contribution in [2.45, 2.75) is 12.6 Å². The molecule has 0 atom stereocenters. The number of nitrogens with zero attached hydrogens (tertiary/aromatic N) is 1. The molecule has 0 aliphatic rings. The number of nitrogens with one attached hydrogen (secondary N) is 1. The van der Waals surface area contributed by atoms with Crippen LogP contribution in [0.4, 0.5) is 13.2 Å². The van der Waals surface area contributed by atoms with Crippen molar-refractivity contribution in [1.82, 2.24) is 9.97 Å². The van der Waals surface area contributed by atoms with Gasteiger partial charge < -0.3 is 4.98 Å². The minimum absolute atomic E-state index is 0.118. The molecule has 0 saturated heterocycles. The average Bonchev–Trinajstić information content (AvgIpc) is 2.31. The number of hydrogen-bond donors (Lipinski definition) is 1. The first-order chi connectivity index (χ1) is 8.47. The summed E-state index contributed by atoms with van der Waals surface area (Å²) in [5.74, 6) is 0. The molecule has 94 valence electrons. The first-order valence-corrected chi connectivity index (χ1v) is 5.15. The van der Waals surface area contributed by atoms with Gasteiger partial charge in [-0.2, -0.15) is 18.2 Å². The van der Waals surface area contributed by atoms with E-state index in [2.05, 4.69) is 9.97 Å². The average molecular weight is 254 g/mol. The standard InChI is InChI=1S/C12H9F3N2O/c13-12(14,15)10-3-1-2-8(5-10)4-9-6-16-7-17-11(9)18/h1-3,5-7H,4H2,(H,16,17,18). The first-order valence-electron chi connectivity index (χ1n) is 5.15. The maximum atomic E-state index is 12.5. The maximum Gasteiger partial charge on any atom is 0.416 e. The van der Waals surface area contributed by atoms with Gasteiger partial charge in [0, 0.05) is 18.2 Å². The molecule has 2 aromatic rings. The van der Waals surface area contributed by atoms with Gasteiger partial charge in [0.15, 0.2) is 0 Å². The molecule has 0 unspecified atom stereocenters. The van der Waals surface area contributed by atoms with Crippen LogP contribution in [0, 0.1) is 0 Å². The second-order valence-electron chi connectivity index (χ2n) is 3.77. The van der Waals surface area contributed by atoms with Crippen LogP contribution >= 0.6 is 0 Å². The Bertz CT molecular complexity index is 605. The summed E-state index contributed by atoms with van der Waals surface area (Å²) in [5, 5.41) is 0. The summed E-state index contributed by atoms with van der Waals surface area (Å²) in [7, 11) is 0. The molecule has 0 bridgehead atoms. The number of aromatic nitrogens is 2. The van der Waals surface area contributed by atoms with Crippen molar-refractivity contribution in [3.63, 3.8) is 0 Å². The largest absolute Gasteiger partial charge is 0.416 e. The quantitative estimate of drug-likeness (QED) is 0.894. The van der Waals surface area contributed by atoms with Crippen molar-refractivity contribution in [1.29, 1.82) is 0 Å². The molecule has 18 heavy (non-hydrogen) atoms. The molecule has 0 amide bonds. The Morgan fingerprint density at radius 2 is 2.06 bits per heavy atom. The topological polar surface area (TPSA) is 45.8 Å². The highest BCUT2D eigenvalue weighted by atomic mass is 19.4. The summed E-state index contributed by atoms with van der Waals surface area (Å²) in [6.45, 7) is 0. The van der Waals surface area contributed by atoms with Crippen LogP contribution in [-0.2, 0) is 12.6 Å². The van der Waals surface area contributed by atoms with Gasteiger partial charge in [-0.3, -0.25) is 4.79 Å². The van der Waals surface area contributed by atoms with Gasteiger partial charge in [-0.15, -0.1) is 0 Å². The normalized spacial score (nSPS) is 11.5. The molecule has 2 rings (SSSR count). The van der Waals surface area contributed by atoms with Crippen LogP contribution in [-0.4, -0.2) is 9.97 Å². The Morgan fingerprint density at radius 3 is 2.72 bits per heavy atom. The van der Waals surface area contributed by atoms with Gasteiger partial charge in [0.25, 0.3) is 5.56 Å². The summed E-state index contributed by atoms with van der Waals surface area (Å²) in [4.78, 5) is 17.5. The Morgan fingerprint density at radius 1 is 1.28 bits per heavy atom. The van der Waals surface area contributed by atoms with Gasteiger partial charge in [-0.1, -0.05) is 18.2 Å². The highest BCUT2D eigenvalue weighted by Gasteiger charge is 2.30. The molecule has 6 heteroatoms. The lowest BCUT2D eigenvalue weighted by Gasteiger charge is -2.08. The fourth-order valence-electron chi connectivity index (χ4n) is 1.58. The van der Waals surface area contributed by atoms with Gasteiger partial charge in [0.1, 0.15) is 0 Å². The highest BCUT2D eigenvalue weighted by Crippen LogP contribution is 2.29. The number of benzene rings is 1. The predicted molar refractivity (Wildman–Crippen MR) is 59.1 cm³/mol. The molecule has 0 fully saturated rings. The molecule has 3 nitrogen and oxygen atoms in total. The van der Waals surface area contributed by atoms with Gasteiger partial charge in [-0.25, -0.2) is 0 Å². The van der Waals surface area contributed by atoms with Crippen molar-refractivity contribution in [3.05, 3.63) is 63.8 Å².